The Morgan fingerprint density at radius 2 is 2.10 bits per heavy atom. The first-order chi connectivity index (χ1) is 10.0. The molecule has 0 unspecified atom stereocenters. The molecule has 0 aliphatic carbocycles. The van der Waals surface area contributed by atoms with E-state index in [4.69, 9.17) is 0 Å². The van der Waals surface area contributed by atoms with E-state index in [1.165, 1.54) is 11.3 Å². The molecule has 0 fully saturated rings. The van der Waals surface area contributed by atoms with E-state index in [0.29, 0.717) is 23.5 Å². The third-order valence-corrected chi connectivity index (χ3v) is 4.26. The average molecular weight is 303 g/mol. The predicted octanol–water partition coefficient (Wildman–Crippen LogP) is 1.98. The maximum atomic E-state index is 10.9. The van der Waals surface area contributed by atoms with E-state index in [0.717, 1.165) is 22.4 Å². The summed E-state index contributed by atoms with van der Waals surface area (Å²) in [6.07, 6.45) is 0.811. The smallest absolute Gasteiger partial charge is 0.423 e. The molecule has 4 nitrogen and oxygen atoms in total. The summed E-state index contributed by atoms with van der Waals surface area (Å²) in [7, 11) is -1.50. The summed E-state index contributed by atoms with van der Waals surface area (Å²) in [5.74, 6) is 0.362. The molecule has 0 atom stereocenters. The molecule has 1 aromatic heterocycles. The minimum Gasteiger partial charge on any atom is -0.423 e. The number of hydrogen-bond donors (Lipinski definition) is 3. The van der Waals surface area contributed by atoms with E-state index in [1.54, 1.807) is 12.1 Å². The summed E-state index contributed by atoms with van der Waals surface area (Å²) in [5.41, 5.74) is 3.06. The number of carbonyl (C=O) groups is 1. The molecule has 0 bridgehead atoms. The van der Waals surface area contributed by atoms with Gasteiger partial charge in [-0.25, -0.2) is 0 Å². The molecule has 0 spiro atoms. The van der Waals surface area contributed by atoms with Gasteiger partial charge in [-0.2, -0.15) is 0 Å². The van der Waals surface area contributed by atoms with Gasteiger partial charge in [0.25, 0.3) is 0 Å². The number of rotatable bonds is 6. The van der Waals surface area contributed by atoms with Gasteiger partial charge in [0, 0.05) is 12.1 Å². The van der Waals surface area contributed by atoms with E-state index < -0.39 is 7.12 Å². The van der Waals surface area contributed by atoms with E-state index in [-0.39, 0.29) is 0 Å². The van der Waals surface area contributed by atoms with Crippen LogP contribution in [-0.2, 0) is 6.54 Å². The summed E-state index contributed by atoms with van der Waals surface area (Å²) in [6, 6.07) is 7.38. The monoisotopic (exact) mass is 303 g/mol. The second kappa shape index (κ2) is 6.89. The van der Waals surface area contributed by atoms with Crippen molar-refractivity contribution in [1.82, 2.24) is 0 Å². The molecule has 2 aromatic rings. The van der Waals surface area contributed by atoms with Gasteiger partial charge in [-0.3, -0.25) is 4.79 Å². The van der Waals surface area contributed by atoms with Crippen LogP contribution in [0.25, 0.3) is 0 Å². The first kappa shape index (κ1) is 15.8. The maximum absolute atomic E-state index is 10.9. The third-order valence-electron chi connectivity index (χ3n) is 3.37. The van der Waals surface area contributed by atoms with Crippen LogP contribution in [0.4, 0.5) is 5.00 Å². The molecule has 0 saturated heterocycles. The number of nitrogens with one attached hydrogen (secondary N) is 1. The first-order valence-electron chi connectivity index (χ1n) is 6.78. The highest BCUT2D eigenvalue weighted by Gasteiger charge is 2.17. The quantitative estimate of drug-likeness (QED) is 0.564. The van der Waals surface area contributed by atoms with Crippen LogP contribution in [0.15, 0.2) is 29.6 Å². The van der Waals surface area contributed by atoms with Crippen molar-refractivity contribution in [3.05, 3.63) is 46.3 Å². The van der Waals surface area contributed by atoms with E-state index in [1.807, 2.05) is 17.5 Å². The number of hydrogen-bond acceptors (Lipinski definition) is 5. The minimum absolute atomic E-state index is 0.362. The lowest BCUT2D eigenvalue weighted by molar-refractivity contribution is 0.112. The van der Waals surface area contributed by atoms with Crippen molar-refractivity contribution in [3.8, 4) is 0 Å². The lowest BCUT2D eigenvalue weighted by Crippen LogP contribution is -2.34. The average Bonchev–Trinajstić information content (AvgIpc) is 2.91. The van der Waals surface area contributed by atoms with Gasteiger partial charge in [-0.05, 0) is 34.0 Å². The molecule has 1 aromatic carbocycles. The van der Waals surface area contributed by atoms with Crippen LogP contribution in [0.3, 0.4) is 0 Å². The van der Waals surface area contributed by atoms with Crippen molar-refractivity contribution in [2.75, 3.05) is 5.32 Å². The Hall–Kier alpha value is -1.63. The Morgan fingerprint density at radius 1 is 1.33 bits per heavy atom. The lowest BCUT2D eigenvalue weighted by atomic mass is 9.76. The molecule has 0 aliphatic rings. The molecule has 2 rings (SSSR count). The predicted molar refractivity (Wildman–Crippen MR) is 87.4 cm³/mol. The van der Waals surface area contributed by atoms with E-state index >= 15 is 0 Å². The second-order valence-corrected chi connectivity index (χ2v) is 6.08. The largest absolute Gasteiger partial charge is 0.488 e. The molecular formula is C15H18BNO3S. The number of thiophene rings is 1. The Morgan fingerprint density at radius 3 is 2.71 bits per heavy atom. The summed E-state index contributed by atoms with van der Waals surface area (Å²) >= 11 is 1.45. The van der Waals surface area contributed by atoms with Crippen molar-refractivity contribution < 1.29 is 14.8 Å². The van der Waals surface area contributed by atoms with Crippen LogP contribution in [0, 0.1) is 0 Å². The number of benzene rings is 1. The highest BCUT2D eigenvalue weighted by molar-refractivity contribution is 7.14. The van der Waals surface area contributed by atoms with Gasteiger partial charge >= 0.3 is 7.12 Å². The Labute approximate surface area is 128 Å². The number of carbonyl (C=O) groups excluding carboxylic acids is 1. The van der Waals surface area contributed by atoms with Crippen molar-refractivity contribution in [2.45, 2.75) is 26.3 Å². The topological polar surface area (TPSA) is 69.6 Å². The summed E-state index contributed by atoms with van der Waals surface area (Å²) < 4.78 is 0. The highest BCUT2D eigenvalue weighted by Crippen LogP contribution is 2.22. The van der Waals surface area contributed by atoms with Crippen molar-refractivity contribution >= 4 is 35.2 Å². The van der Waals surface area contributed by atoms with E-state index in [9.17, 15) is 14.8 Å². The molecule has 110 valence electrons. The van der Waals surface area contributed by atoms with Crippen LogP contribution in [0.2, 0.25) is 0 Å². The van der Waals surface area contributed by atoms with Gasteiger partial charge in [0.1, 0.15) is 0 Å². The van der Waals surface area contributed by atoms with Crippen LogP contribution in [-0.4, -0.2) is 23.5 Å². The molecule has 0 radical (unpaired) electrons. The van der Waals surface area contributed by atoms with Gasteiger partial charge in [-0.15, -0.1) is 11.3 Å². The van der Waals surface area contributed by atoms with Crippen LogP contribution in [0.1, 0.15) is 41.3 Å². The fourth-order valence-corrected chi connectivity index (χ4v) is 2.88. The zero-order valence-electron chi connectivity index (χ0n) is 12.0. The van der Waals surface area contributed by atoms with Gasteiger partial charge in [-0.1, -0.05) is 32.0 Å². The Balaban J connectivity index is 2.24. The van der Waals surface area contributed by atoms with Crippen molar-refractivity contribution in [3.63, 3.8) is 0 Å². The normalized spacial score (nSPS) is 10.7. The highest BCUT2D eigenvalue weighted by atomic mass is 32.1. The molecule has 3 N–H and O–H groups in total. The van der Waals surface area contributed by atoms with Crippen molar-refractivity contribution in [2.24, 2.45) is 0 Å². The van der Waals surface area contributed by atoms with Gasteiger partial charge in [0.2, 0.25) is 0 Å². The van der Waals surface area contributed by atoms with Crippen LogP contribution in [0.5, 0.6) is 0 Å². The number of anilines is 1. The Bertz CT molecular complexity index is 625. The van der Waals surface area contributed by atoms with E-state index in [2.05, 4.69) is 19.2 Å². The van der Waals surface area contributed by atoms with Crippen LogP contribution < -0.4 is 10.8 Å². The molecule has 0 saturated carbocycles. The zero-order chi connectivity index (χ0) is 15.4. The van der Waals surface area contributed by atoms with Gasteiger partial charge in [0.05, 0.1) is 5.00 Å². The molecule has 0 amide bonds. The van der Waals surface area contributed by atoms with Gasteiger partial charge in [0.15, 0.2) is 6.29 Å². The minimum atomic E-state index is -1.50. The standard InChI is InChI=1S/C15H18BNO3S/c1-10(2)11-3-4-14(16(19)20)13(7-11)8-17-15-12(9-18)5-6-21-15/h3-7,9-10,17,19-20H,8H2,1-2H3. The summed E-state index contributed by atoms with van der Waals surface area (Å²) in [6.45, 7) is 4.62. The van der Waals surface area contributed by atoms with Crippen LogP contribution >= 0.6 is 11.3 Å². The third kappa shape index (κ3) is 3.72. The van der Waals surface area contributed by atoms with Gasteiger partial charge < -0.3 is 15.4 Å². The van der Waals surface area contributed by atoms with Crippen molar-refractivity contribution in [1.29, 1.82) is 0 Å². The SMILES string of the molecule is CC(C)c1ccc(B(O)O)c(CNc2sccc2C=O)c1. The molecule has 6 heteroatoms. The zero-order valence-corrected chi connectivity index (χ0v) is 12.9. The first-order valence-corrected chi connectivity index (χ1v) is 7.66. The number of aldehydes is 1. The summed E-state index contributed by atoms with van der Waals surface area (Å²) in [4.78, 5) is 10.9. The molecule has 0 aliphatic heterocycles. The summed E-state index contributed by atoms with van der Waals surface area (Å²) in [5, 5.41) is 24.8. The molecular weight excluding hydrogens is 285 g/mol. The fourth-order valence-electron chi connectivity index (χ4n) is 2.12. The molecule has 1 heterocycles. The molecule has 21 heavy (non-hydrogen) atoms. The lowest BCUT2D eigenvalue weighted by Gasteiger charge is -2.14. The fraction of sp³-hybridized carbons (Fsp3) is 0.267. The Kier molecular flexibility index (Phi) is 5.17. The maximum Gasteiger partial charge on any atom is 0.488 e. The second-order valence-electron chi connectivity index (χ2n) is 5.16.